The number of fused-ring (bicyclic) bond motifs is 1. The molecular formula is C24H30N4O8S2. The van der Waals surface area contributed by atoms with Gasteiger partial charge in [0.1, 0.15) is 5.00 Å². The smallest absolute Gasteiger partial charge is 0.413 e. The van der Waals surface area contributed by atoms with Gasteiger partial charge in [0.15, 0.2) is 0 Å². The van der Waals surface area contributed by atoms with Crippen LogP contribution >= 0.6 is 11.3 Å². The molecule has 206 valence electrons. The van der Waals surface area contributed by atoms with E-state index in [1.165, 1.54) is 33.5 Å². The molecule has 1 aliphatic rings. The van der Waals surface area contributed by atoms with Gasteiger partial charge in [-0.2, -0.15) is 4.31 Å². The van der Waals surface area contributed by atoms with E-state index in [2.05, 4.69) is 15.4 Å². The normalized spacial score (nSPS) is 13.0. The number of imide groups is 1. The Morgan fingerprint density at radius 2 is 1.71 bits per heavy atom. The topological polar surface area (TPSA) is 151 Å². The maximum atomic E-state index is 13.1. The van der Waals surface area contributed by atoms with Crippen LogP contribution in [0.2, 0.25) is 0 Å². The van der Waals surface area contributed by atoms with Crippen molar-refractivity contribution in [2.45, 2.75) is 38.6 Å². The third-order valence-corrected chi connectivity index (χ3v) is 9.09. The highest BCUT2D eigenvalue weighted by molar-refractivity contribution is 7.89. The van der Waals surface area contributed by atoms with Crippen molar-refractivity contribution in [2.75, 3.05) is 38.7 Å². The monoisotopic (exact) mass is 566 g/mol. The summed E-state index contributed by atoms with van der Waals surface area (Å²) in [5.41, 5.74) is 0.878. The van der Waals surface area contributed by atoms with Gasteiger partial charge in [-0.1, -0.05) is 13.8 Å². The molecule has 0 fully saturated rings. The standard InChI is InChI=1S/C24H30N4O8S2/c1-5-28(6-2)38(33,34)16-10-8-15(9-11-16)20(29)25-22-19(21(30)26-23(31)35-4)17-12-13-27(14-18(17)37-22)24(32)36-7-3/h8-11H,5-7,12-14H2,1-4H3,(H,25,29)(H,26,30,31). The third kappa shape index (κ3) is 6.14. The van der Waals surface area contributed by atoms with Crippen molar-refractivity contribution < 1.29 is 37.1 Å². The molecule has 0 atom stereocenters. The van der Waals surface area contributed by atoms with Crippen molar-refractivity contribution >= 4 is 50.4 Å². The number of rotatable bonds is 8. The first-order valence-corrected chi connectivity index (χ1v) is 14.2. The third-order valence-electron chi connectivity index (χ3n) is 5.90. The number of alkyl carbamates (subject to hydrolysis) is 1. The van der Waals surface area contributed by atoms with Gasteiger partial charge in [-0.3, -0.25) is 14.9 Å². The first-order valence-electron chi connectivity index (χ1n) is 11.9. The largest absolute Gasteiger partial charge is 0.453 e. The first-order chi connectivity index (χ1) is 18.1. The van der Waals surface area contributed by atoms with Crippen molar-refractivity contribution in [1.29, 1.82) is 0 Å². The number of hydrogen-bond acceptors (Lipinski definition) is 9. The van der Waals surface area contributed by atoms with Crippen molar-refractivity contribution in [3.05, 3.63) is 45.8 Å². The highest BCUT2D eigenvalue weighted by Gasteiger charge is 2.32. The summed E-state index contributed by atoms with van der Waals surface area (Å²) >= 11 is 1.11. The van der Waals surface area contributed by atoms with Gasteiger partial charge < -0.3 is 19.7 Å². The van der Waals surface area contributed by atoms with Crippen LogP contribution in [-0.4, -0.2) is 75.0 Å². The molecule has 1 aromatic carbocycles. The number of amides is 4. The van der Waals surface area contributed by atoms with Crippen LogP contribution in [0.3, 0.4) is 0 Å². The summed E-state index contributed by atoms with van der Waals surface area (Å²) < 4.78 is 36.4. The molecule has 0 aliphatic carbocycles. The van der Waals surface area contributed by atoms with Gasteiger partial charge in [0, 0.05) is 30.1 Å². The maximum absolute atomic E-state index is 13.1. The molecule has 1 aromatic heterocycles. The van der Waals surface area contributed by atoms with E-state index in [0.717, 1.165) is 18.4 Å². The zero-order valence-electron chi connectivity index (χ0n) is 21.5. The quantitative estimate of drug-likeness (QED) is 0.495. The van der Waals surface area contributed by atoms with Crippen LogP contribution in [0.1, 0.15) is 51.9 Å². The summed E-state index contributed by atoms with van der Waals surface area (Å²) in [6, 6.07) is 5.47. The molecule has 0 unspecified atom stereocenters. The molecule has 0 spiro atoms. The summed E-state index contributed by atoms with van der Waals surface area (Å²) in [4.78, 5) is 52.1. The van der Waals surface area contributed by atoms with Crippen LogP contribution in [0.25, 0.3) is 0 Å². The van der Waals surface area contributed by atoms with Gasteiger partial charge in [0.2, 0.25) is 10.0 Å². The Bertz CT molecular complexity index is 1320. The number of anilines is 1. The van der Waals surface area contributed by atoms with Crippen molar-refractivity contribution in [3.63, 3.8) is 0 Å². The Hall–Kier alpha value is -3.49. The molecule has 1 aliphatic heterocycles. The van der Waals surface area contributed by atoms with Crippen LogP contribution in [0, 0.1) is 0 Å². The lowest BCUT2D eigenvalue weighted by molar-refractivity contribution is 0.0936. The van der Waals surface area contributed by atoms with E-state index in [-0.39, 0.29) is 40.7 Å². The van der Waals surface area contributed by atoms with Crippen molar-refractivity contribution in [3.8, 4) is 0 Å². The molecular weight excluding hydrogens is 536 g/mol. The van der Waals surface area contributed by atoms with E-state index in [1.54, 1.807) is 20.8 Å². The molecule has 3 rings (SSSR count). The summed E-state index contributed by atoms with van der Waals surface area (Å²) in [5.74, 6) is -1.33. The maximum Gasteiger partial charge on any atom is 0.413 e. The Kier molecular flexibility index (Phi) is 9.46. The van der Waals surface area contributed by atoms with E-state index >= 15 is 0 Å². The molecule has 2 N–H and O–H groups in total. The second-order valence-corrected chi connectivity index (χ2v) is 11.1. The summed E-state index contributed by atoms with van der Waals surface area (Å²) in [6.45, 7) is 6.49. The van der Waals surface area contributed by atoms with Crippen LogP contribution < -0.4 is 10.6 Å². The zero-order chi connectivity index (χ0) is 28.0. The highest BCUT2D eigenvalue weighted by atomic mass is 32.2. The zero-order valence-corrected chi connectivity index (χ0v) is 23.2. The van der Waals surface area contributed by atoms with Gasteiger partial charge >= 0.3 is 12.2 Å². The van der Waals surface area contributed by atoms with Gasteiger partial charge in [-0.15, -0.1) is 11.3 Å². The average molecular weight is 567 g/mol. The first kappa shape index (κ1) is 29.1. The summed E-state index contributed by atoms with van der Waals surface area (Å²) in [5, 5.41) is 5.00. The van der Waals surface area contributed by atoms with Crippen molar-refractivity contribution in [2.24, 2.45) is 0 Å². The lowest BCUT2D eigenvalue weighted by Crippen LogP contribution is -2.37. The number of sulfonamides is 1. The Balaban J connectivity index is 1.90. The van der Waals surface area contributed by atoms with Crippen LogP contribution in [0.5, 0.6) is 0 Å². The van der Waals surface area contributed by atoms with Crippen LogP contribution in [0.15, 0.2) is 29.2 Å². The highest BCUT2D eigenvalue weighted by Crippen LogP contribution is 2.37. The van der Waals surface area contributed by atoms with Gasteiger partial charge in [0.25, 0.3) is 11.8 Å². The van der Waals surface area contributed by atoms with Gasteiger partial charge in [-0.05, 0) is 43.2 Å². The molecule has 4 amide bonds. The predicted octanol–water partition coefficient (Wildman–Crippen LogP) is 3.04. The van der Waals surface area contributed by atoms with Gasteiger partial charge in [-0.25, -0.2) is 18.0 Å². The molecule has 14 heteroatoms. The van der Waals surface area contributed by atoms with Gasteiger partial charge in [0.05, 0.1) is 30.7 Å². The number of methoxy groups -OCH3 is 1. The SMILES string of the molecule is CCOC(=O)N1CCc2c(sc(NC(=O)c3ccc(S(=O)(=O)N(CC)CC)cc3)c2C(=O)NC(=O)OC)C1. The fourth-order valence-corrected chi connectivity index (χ4v) is 6.69. The number of nitrogens with zero attached hydrogens (tertiary/aromatic N) is 2. The number of hydrogen-bond donors (Lipinski definition) is 2. The lowest BCUT2D eigenvalue weighted by Gasteiger charge is -2.26. The van der Waals surface area contributed by atoms with E-state index in [4.69, 9.17) is 4.74 Å². The minimum absolute atomic E-state index is 0.0570. The molecule has 0 saturated carbocycles. The summed E-state index contributed by atoms with van der Waals surface area (Å²) in [6.07, 6.45) is -1.14. The van der Waals surface area contributed by atoms with Crippen LogP contribution in [-0.2, 0) is 32.5 Å². The van der Waals surface area contributed by atoms with Crippen LogP contribution in [0.4, 0.5) is 14.6 Å². The van der Waals surface area contributed by atoms with E-state index in [9.17, 15) is 27.6 Å². The fraction of sp³-hybridized carbons (Fsp3) is 0.417. The molecule has 0 bridgehead atoms. The molecule has 12 nitrogen and oxygen atoms in total. The number of ether oxygens (including phenoxy) is 2. The molecule has 38 heavy (non-hydrogen) atoms. The second kappa shape index (κ2) is 12.4. The van der Waals surface area contributed by atoms with E-state index < -0.39 is 34.0 Å². The lowest BCUT2D eigenvalue weighted by atomic mass is 10.0. The Labute approximate surface area is 224 Å². The second-order valence-electron chi connectivity index (χ2n) is 8.09. The van der Waals surface area contributed by atoms with E-state index in [0.29, 0.717) is 30.0 Å². The molecule has 2 heterocycles. The van der Waals surface area contributed by atoms with E-state index in [1.807, 2.05) is 0 Å². The minimum atomic E-state index is -3.69. The minimum Gasteiger partial charge on any atom is -0.453 e. The number of carbonyl (C=O) groups is 4. The predicted molar refractivity (Wildman–Crippen MR) is 140 cm³/mol. The average Bonchev–Trinajstić information content (AvgIpc) is 3.26. The Morgan fingerprint density at radius 3 is 2.29 bits per heavy atom. The van der Waals surface area contributed by atoms with Crippen molar-refractivity contribution in [1.82, 2.24) is 14.5 Å². The Morgan fingerprint density at radius 1 is 1.05 bits per heavy atom. The number of carbonyl (C=O) groups excluding carboxylic acids is 4. The number of benzene rings is 1. The molecule has 0 radical (unpaired) electrons. The summed E-state index contributed by atoms with van der Waals surface area (Å²) in [7, 11) is -2.57. The fourth-order valence-electron chi connectivity index (χ4n) is 3.97. The number of nitrogens with one attached hydrogen (secondary N) is 2. The molecule has 2 aromatic rings. The molecule has 0 saturated heterocycles. The number of thiophene rings is 1.